The smallest absolute Gasteiger partial charge is 0.330 e. The molecule has 0 bridgehead atoms. The molecule has 0 radical (unpaired) electrons. The van der Waals surface area contributed by atoms with Crippen LogP contribution < -0.4 is 0 Å². The molecule has 0 atom stereocenters. The van der Waals surface area contributed by atoms with E-state index in [9.17, 15) is 4.79 Å². The molecule has 0 rings (SSSR count). The second-order valence-electron chi connectivity index (χ2n) is 8.79. The van der Waals surface area contributed by atoms with Crippen LogP contribution in [0.25, 0.3) is 0 Å². The summed E-state index contributed by atoms with van der Waals surface area (Å²) in [5.74, 6) is -0.353. The van der Waals surface area contributed by atoms with Crippen LogP contribution in [-0.4, -0.2) is 13.1 Å². The van der Waals surface area contributed by atoms with Crippen LogP contribution >= 0.6 is 0 Å². The minimum atomic E-state index is -0.353. The maximum absolute atomic E-state index is 11.1. The zero-order chi connectivity index (χ0) is 26.5. The fourth-order valence-corrected chi connectivity index (χ4v) is 2.64. The van der Waals surface area contributed by atoms with E-state index in [0.29, 0.717) is 0 Å². The number of ether oxygens (including phenoxy) is 1. The third-order valence-electron chi connectivity index (χ3n) is 4.78. The van der Waals surface area contributed by atoms with Crippen molar-refractivity contribution in [2.45, 2.75) is 61.3 Å². The van der Waals surface area contributed by atoms with Crippen LogP contribution in [0, 0.1) is 0 Å². The van der Waals surface area contributed by atoms with E-state index in [2.05, 4.69) is 94.0 Å². The minimum absolute atomic E-state index is 0.353. The molecule has 0 aromatic heterocycles. The van der Waals surface area contributed by atoms with Gasteiger partial charge in [-0.25, -0.2) is 4.79 Å². The maximum atomic E-state index is 11.1. The van der Waals surface area contributed by atoms with Gasteiger partial charge in [0, 0.05) is 6.08 Å². The van der Waals surface area contributed by atoms with Gasteiger partial charge in [-0.3, -0.25) is 0 Å². The second-order valence-corrected chi connectivity index (χ2v) is 8.79. The molecule has 0 aliphatic heterocycles. The van der Waals surface area contributed by atoms with Gasteiger partial charge >= 0.3 is 5.97 Å². The van der Waals surface area contributed by atoms with Crippen molar-refractivity contribution in [1.29, 1.82) is 0 Å². The van der Waals surface area contributed by atoms with Crippen molar-refractivity contribution >= 4 is 5.97 Å². The van der Waals surface area contributed by atoms with Crippen LogP contribution in [0.3, 0.4) is 0 Å². The Hall–Kier alpha value is -3.39. The fraction of sp³-hybridized carbons (Fsp3) is 0.303. The van der Waals surface area contributed by atoms with Gasteiger partial charge in [0.05, 0.1) is 7.11 Å². The predicted octanol–water partition coefficient (Wildman–Crippen LogP) is 9.42. The zero-order valence-corrected chi connectivity index (χ0v) is 23.0. The van der Waals surface area contributed by atoms with Gasteiger partial charge in [-0.1, -0.05) is 125 Å². The summed E-state index contributed by atoms with van der Waals surface area (Å²) >= 11 is 0. The SMILES string of the molecule is COC(=O)/C=C/C(C)=C\C=C\C(C)=C/C=C/C=C(C)\C=C\C=C(C)/C=C/C=C(/C)CCC=C(C)C. The molecule has 0 unspecified atom stereocenters. The number of rotatable bonds is 13. The van der Waals surface area contributed by atoms with Crippen molar-refractivity contribution in [2.24, 2.45) is 0 Å². The Kier molecular flexibility index (Phi) is 18.1. The molecule has 0 saturated carbocycles. The van der Waals surface area contributed by atoms with Crippen molar-refractivity contribution in [2.75, 3.05) is 7.11 Å². The molecule has 0 aliphatic rings. The molecule has 0 heterocycles. The first-order chi connectivity index (χ1) is 16.6. The van der Waals surface area contributed by atoms with Crippen molar-refractivity contribution in [3.8, 4) is 0 Å². The van der Waals surface area contributed by atoms with Crippen LogP contribution in [0.4, 0.5) is 0 Å². The Morgan fingerprint density at radius 2 is 1.00 bits per heavy atom. The van der Waals surface area contributed by atoms with Gasteiger partial charge in [0.1, 0.15) is 0 Å². The van der Waals surface area contributed by atoms with Gasteiger partial charge in [-0.15, -0.1) is 0 Å². The van der Waals surface area contributed by atoms with Crippen molar-refractivity contribution < 1.29 is 9.53 Å². The van der Waals surface area contributed by atoms with E-state index < -0.39 is 0 Å². The van der Waals surface area contributed by atoms with E-state index >= 15 is 0 Å². The largest absolute Gasteiger partial charge is 0.466 e. The molecule has 0 fully saturated rings. The molecule has 188 valence electrons. The molecule has 2 nitrogen and oxygen atoms in total. The first kappa shape index (κ1) is 31.6. The summed E-state index contributed by atoms with van der Waals surface area (Å²) in [5.41, 5.74) is 7.28. The van der Waals surface area contributed by atoms with E-state index in [4.69, 9.17) is 0 Å². The lowest BCUT2D eigenvalue weighted by Crippen LogP contribution is -1.93. The number of carbonyl (C=O) groups excluding carboxylic acids is 1. The molecule has 2 heteroatoms. The van der Waals surface area contributed by atoms with Crippen LogP contribution in [0.5, 0.6) is 0 Å². The van der Waals surface area contributed by atoms with Gasteiger partial charge in [0.15, 0.2) is 0 Å². The zero-order valence-electron chi connectivity index (χ0n) is 23.0. The molecule has 35 heavy (non-hydrogen) atoms. The summed E-state index contributed by atoms with van der Waals surface area (Å²) in [6.45, 7) is 14.6. The minimum Gasteiger partial charge on any atom is -0.466 e. The summed E-state index contributed by atoms with van der Waals surface area (Å²) in [4.78, 5) is 11.1. The molecule has 0 aliphatic carbocycles. The van der Waals surface area contributed by atoms with E-state index in [1.165, 1.54) is 35.5 Å². The lowest BCUT2D eigenvalue weighted by molar-refractivity contribution is -0.134. The highest BCUT2D eigenvalue weighted by Gasteiger charge is 1.89. The van der Waals surface area contributed by atoms with Gasteiger partial charge in [-0.05, 0) is 61.3 Å². The molecule has 0 amide bonds. The Labute approximate surface area is 214 Å². The quantitative estimate of drug-likeness (QED) is 0.115. The molecule has 0 aromatic rings. The number of hydrogen-bond acceptors (Lipinski definition) is 2. The highest BCUT2D eigenvalue weighted by Crippen LogP contribution is 2.08. The average Bonchev–Trinajstić information content (AvgIpc) is 2.80. The summed E-state index contributed by atoms with van der Waals surface area (Å²) < 4.78 is 4.58. The molecular weight excluding hydrogens is 428 g/mol. The monoisotopic (exact) mass is 472 g/mol. The van der Waals surface area contributed by atoms with Crippen LogP contribution in [-0.2, 0) is 9.53 Å². The summed E-state index contributed by atoms with van der Waals surface area (Å²) in [6, 6.07) is 0. The first-order valence-electron chi connectivity index (χ1n) is 12.1. The Morgan fingerprint density at radius 3 is 1.46 bits per heavy atom. The van der Waals surface area contributed by atoms with Gasteiger partial charge in [0.2, 0.25) is 0 Å². The van der Waals surface area contributed by atoms with E-state index in [1.54, 1.807) is 6.08 Å². The molecular formula is C33H44O2. The van der Waals surface area contributed by atoms with E-state index in [0.717, 1.165) is 24.0 Å². The third kappa shape index (κ3) is 20.9. The highest BCUT2D eigenvalue weighted by molar-refractivity contribution is 5.82. The Balaban J connectivity index is 4.68. The van der Waals surface area contributed by atoms with Gasteiger partial charge in [-0.2, -0.15) is 0 Å². The summed E-state index contributed by atoms with van der Waals surface area (Å²) in [6.07, 6.45) is 34.6. The lowest BCUT2D eigenvalue weighted by Gasteiger charge is -1.96. The van der Waals surface area contributed by atoms with Gasteiger partial charge in [0.25, 0.3) is 0 Å². The standard InChI is InChI=1S/C33H44O2/c1-27(2)15-11-18-30(5)21-13-23-31(6)22-12-19-28(3)16-9-10-17-29(4)20-14-24-32(7)25-26-33(34)35-8/h9-10,12-17,19-26H,11,18H2,1-8H3/b10-9+,19-12+,20-14+,23-13+,26-25+,28-16-,29-17-,30-21-,31-22-,32-24-. The number of esters is 1. The number of carbonyl (C=O) groups is 1. The third-order valence-corrected chi connectivity index (χ3v) is 4.78. The normalized spacial score (nSPS) is 14.9. The average molecular weight is 473 g/mol. The molecule has 0 spiro atoms. The lowest BCUT2D eigenvalue weighted by atomic mass is 10.1. The van der Waals surface area contributed by atoms with Crippen LogP contribution in [0.2, 0.25) is 0 Å². The van der Waals surface area contributed by atoms with Crippen LogP contribution in [0.15, 0.2) is 131 Å². The van der Waals surface area contributed by atoms with Crippen LogP contribution in [0.1, 0.15) is 61.3 Å². The van der Waals surface area contributed by atoms with Crippen molar-refractivity contribution in [3.63, 3.8) is 0 Å². The predicted molar refractivity (Wildman–Crippen MR) is 155 cm³/mol. The Morgan fingerprint density at radius 1 is 0.571 bits per heavy atom. The topological polar surface area (TPSA) is 26.3 Å². The second kappa shape index (κ2) is 20.0. The number of allylic oxidation sites excluding steroid dienone is 21. The fourth-order valence-electron chi connectivity index (χ4n) is 2.64. The van der Waals surface area contributed by atoms with Crippen molar-refractivity contribution in [3.05, 3.63) is 131 Å². The molecule has 0 aromatic carbocycles. The highest BCUT2D eigenvalue weighted by atomic mass is 16.5. The van der Waals surface area contributed by atoms with Crippen molar-refractivity contribution in [1.82, 2.24) is 0 Å². The number of hydrogen-bond donors (Lipinski definition) is 0. The van der Waals surface area contributed by atoms with Gasteiger partial charge < -0.3 is 4.74 Å². The van der Waals surface area contributed by atoms with E-state index in [-0.39, 0.29) is 5.97 Å². The first-order valence-corrected chi connectivity index (χ1v) is 12.1. The Bertz CT molecular complexity index is 990. The maximum Gasteiger partial charge on any atom is 0.330 e. The summed E-state index contributed by atoms with van der Waals surface area (Å²) in [7, 11) is 1.37. The molecule has 0 N–H and O–H groups in total. The molecule has 0 saturated heterocycles. The number of methoxy groups -OCH3 is 1. The summed E-state index contributed by atoms with van der Waals surface area (Å²) in [5, 5.41) is 0. The van der Waals surface area contributed by atoms with E-state index in [1.807, 2.05) is 44.2 Å².